The fourth-order valence-corrected chi connectivity index (χ4v) is 4.94. The van der Waals surface area contributed by atoms with Gasteiger partial charge in [0, 0.05) is 49.8 Å². The van der Waals surface area contributed by atoms with Crippen LogP contribution in [0.25, 0.3) is 22.6 Å². The van der Waals surface area contributed by atoms with E-state index in [-0.39, 0.29) is 11.6 Å². The molecule has 0 unspecified atom stereocenters. The van der Waals surface area contributed by atoms with Crippen LogP contribution in [0, 0.1) is 6.92 Å². The van der Waals surface area contributed by atoms with Crippen LogP contribution in [-0.4, -0.2) is 68.0 Å². The molecule has 0 spiro atoms. The molecule has 0 bridgehead atoms. The van der Waals surface area contributed by atoms with Gasteiger partial charge in [-0.3, -0.25) is 14.8 Å². The van der Waals surface area contributed by atoms with Crippen molar-refractivity contribution >= 4 is 28.7 Å². The number of carbonyl (C=O) groups is 1. The fraction of sp³-hybridized carbons (Fsp3) is 0.290. The molecule has 9 nitrogen and oxygen atoms in total. The molecule has 0 atom stereocenters. The van der Waals surface area contributed by atoms with Crippen LogP contribution in [0.15, 0.2) is 77.2 Å². The lowest BCUT2D eigenvalue weighted by atomic mass is 10.1. The van der Waals surface area contributed by atoms with Gasteiger partial charge in [-0.2, -0.15) is 5.10 Å². The first-order chi connectivity index (χ1) is 19.5. The van der Waals surface area contributed by atoms with Crippen molar-refractivity contribution in [3.63, 3.8) is 0 Å². The van der Waals surface area contributed by atoms with Crippen LogP contribution in [0.4, 0.5) is 11.4 Å². The lowest BCUT2D eigenvalue weighted by Gasteiger charge is -2.21. The largest absolute Gasteiger partial charge is 0.372 e. The lowest BCUT2D eigenvalue weighted by Crippen LogP contribution is -2.39. The summed E-state index contributed by atoms with van der Waals surface area (Å²) in [6, 6.07) is 16.1. The third-order valence-corrected chi connectivity index (χ3v) is 7.14. The Morgan fingerprint density at radius 1 is 0.950 bits per heavy atom. The summed E-state index contributed by atoms with van der Waals surface area (Å²) >= 11 is 0. The molecule has 1 amide bonds. The maximum Gasteiger partial charge on any atom is 0.276 e. The number of aromatic nitrogens is 4. The van der Waals surface area contributed by atoms with Crippen molar-refractivity contribution in [3.05, 3.63) is 78.5 Å². The summed E-state index contributed by atoms with van der Waals surface area (Å²) in [5, 5.41) is 4.84. The van der Waals surface area contributed by atoms with Gasteiger partial charge in [0.25, 0.3) is 5.91 Å². The number of anilines is 1. The second-order valence-corrected chi connectivity index (χ2v) is 9.43. The minimum atomic E-state index is -0.182. The molecular weight excluding hydrogens is 500 g/mol. The number of aliphatic imine (C=N–C) groups is 1. The van der Waals surface area contributed by atoms with Crippen molar-refractivity contribution in [2.75, 3.05) is 31.1 Å². The Bertz CT molecular complexity index is 1570. The van der Waals surface area contributed by atoms with Crippen LogP contribution in [0.3, 0.4) is 0 Å². The number of fused-ring (bicyclic) bond motifs is 1. The summed E-state index contributed by atoms with van der Waals surface area (Å²) in [5.74, 6) is 0.320. The minimum absolute atomic E-state index is 0.182. The van der Waals surface area contributed by atoms with Crippen molar-refractivity contribution in [1.82, 2.24) is 24.5 Å². The Morgan fingerprint density at radius 2 is 1.70 bits per heavy atom. The first-order valence-electron chi connectivity index (χ1n) is 13.8. The maximum atomic E-state index is 13.7. The van der Waals surface area contributed by atoms with Crippen molar-refractivity contribution in [1.29, 1.82) is 0 Å². The van der Waals surface area contributed by atoms with Crippen molar-refractivity contribution in [2.45, 2.75) is 34.6 Å². The van der Waals surface area contributed by atoms with E-state index in [1.165, 1.54) is 0 Å². The minimum Gasteiger partial charge on any atom is -0.372 e. The number of imidazole rings is 1. The van der Waals surface area contributed by atoms with Gasteiger partial charge >= 0.3 is 0 Å². The van der Waals surface area contributed by atoms with E-state index >= 15 is 0 Å². The van der Waals surface area contributed by atoms with Gasteiger partial charge in [-0.1, -0.05) is 30.3 Å². The maximum absolute atomic E-state index is 13.7. The van der Waals surface area contributed by atoms with Gasteiger partial charge in [0.2, 0.25) is 0 Å². The van der Waals surface area contributed by atoms with E-state index in [9.17, 15) is 4.79 Å². The Hall–Kier alpha value is -4.66. The molecule has 0 radical (unpaired) electrons. The van der Waals surface area contributed by atoms with E-state index in [0.29, 0.717) is 41.7 Å². The Labute approximate surface area is 234 Å². The molecule has 0 N–H and O–H groups in total. The molecule has 3 heterocycles. The molecule has 2 aromatic carbocycles. The highest BCUT2D eigenvalue weighted by atomic mass is 16.2. The molecular formula is C31H34N8O. The number of hydrogen-bond donors (Lipinski definition) is 0. The Morgan fingerprint density at radius 3 is 2.33 bits per heavy atom. The van der Waals surface area contributed by atoms with Gasteiger partial charge in [0.1, 0.15) is 22.8 Å². The summed E-state index contributed by atoms with van der Waals surface area (Å²) in [6.07, 6.45) is 4.95. The second kappa shape index (κ2) is 11.6. The van der Waals surface area contributed by atoms with Crippen molar-refractivity contribution in [3.8, 4) is 22.6 Å². The zero-order chi connectivity index (χ0) is 28.2. The number of amides is 1. The zero-order valence-electron chi connectivity index (χ0n) is 23.7. The van der Waals surface area contributed by atoms with Crippen LogP contribution in [0.2, 0.25) is 0 Å². The summed E-state index contributed by atoms with van der Waals surface area (Å²) in [5.41, 5.74) is 6.53. The smallest absolute Gasteiger partial charge is 0.276 e. The van der Waals surface area contributed by atoms with Gasteiger partial charge in [0.05, 0.1) is 11.9 Å². The first kappa shape index (κ1) is 26.9. The SMILES string of the molecule is CCN(CC)C(=O)C1=Nn2c(nc(-c3ccccc3)c2-c2cnccn2)C1=Nc1ccc(N(CC)CC)cc1C. The lowest BCUT2D eigenvalue weighted by molar-refractivity contribution is -0.123. The molecule has 0 fully saturated rings. The third kappa shape index (κ3) is 4.90. The molecule has 9 heteroatoms. The van der Waals surface area contributed by atoms with Crippen LogP contribution in [0.5, 0.6) is 0 Å². The fourth-order valence-electron chi connectivity index (χ4n) is 4.94. The van der Waals surface area contributed by atoms with Crippen LogP contribution >= 0.6 is 0 Å². The number of aryl methyl sites for hydroxylation is 1. The summed E-state index contributed by atoms with van der Waals surface area (Å²) in [6.45, 7) is 13.2. The molecule has 204 valence electrons. The predicted molar refractivity (Wildman–Crippen MR) is 160 cm³/mol. The molecule has 1 aliphatic heterocycles. The molecule has 40 heavy (non-hydrogen) atoms. The average molecular weight is 535 g/mol. The van der Waals surface area contributed by atoms with Crippen LogP contribution < -0.4 is 4.90 Å². The monoisotopic (exact) mass is 534 g/mol. The number of benzene rings is 2. The van der Waals surface area contributed by atoms with E-state index < -0.39 is 0 Å². The molecule has 1 aliphatic rings. The number of hydrogen-bond acceptors (Lipinski definition) is 7. The summed E-state index contributed by atoms with van der Waals surface area (Å²) in [4.78, 5) is 36.7. The molecule has 4 aromatic rings. The van der Waals surface area contributed by atoms with Crippen LogP contribution in [0.1, 0.15) is 39.1 Å². The highest BCUT2D eigenvalue weighted by molar-refractivity contribution is 6.70. The third-order valence-electron chi connectivity index (χ3n) is 7.14. The van der Waals surface area contributed by atoms with E-state index in [4.69, 9.17) is 15.1 Å². The number of rotatable bonds is 9. The van der Waals surface area contributed by atoms with E-state index in [1.807, 2.05) is 57.2 Å². The standard InChI is InChI=1S/C31H34N8O/c1-6-37(7-2)23-15-16-24(21(5)19-23)34-27-28(31(40)38(8-3)9-4)36-39-29(25-20-32-17-18-33-25)26(35-30(27)39)22-13-11-10-12-14-22/h10-20H,6-9H2,1-5H3. The number of carbonyl (C=O) groups excluding carboxylic acids is 1. The zero-order valence-corrected chi connectivity index (χ0v) is 23.7. The Kier molecular flexibility index (Phi) is 7.82. The average Bonchev–Trinajstić information content (AvgIpc) is 3.53. The van der Waals surface area contributed by atoms with E-state index in [0.717, 1.165) is 35.6 Å². The highest BCUT2D eigenvalue weighted by Crippen LogP contribution is 2.35. The van der Waals surface area contributed by atoms with Crippen LogP contribution in [-0.2, 0) is 4.79 Å². The summed E-state index contributed by atoms with van der Waals surface area (Å²) < 4.78 is 1.70. The van der Waals surface area contributed by atoms with Gasteiger partial charge in [-0.15, -0.1) is 0 Å². The predicted octanol–water partition coefficient (Wildman–Crippen LogP) is 5.37. The highest BCUT2D eigenvalue weighted by Gasteiger charge is 2.36. The van der Waals surface area contributed by atoms with Crippen molar-refractivity contribution < 1.29 is 4.79 Å². The normalized spacial score (nSPS) is 13.3. The van der Waals surface area contributed by atoms with Gasteiger partial charge in [0.15, 0.2) is 11.5 Å². The molecule has 0 saturated carbocycles. The summed E-state index contributed by atoms with van der Waals surface area (Å²) in [7, 11) is 0. The molecule has 0 aliphatic carbocycles. The van der Waals surface area contributed by atoms with E-state index in [2.05, 4.69) is 40.8 Å². The second-order valence-electron chi connectivity index (χ2n) is 9.43. The molecule has 5 rings (SSSR count). The van der Waals surface area contributed by atoms with Crippen molar-refractivity contribution in [2.24, 2.45) is 10.1 Å². The molecule has 0 saturated heterocycles. The number of nitrogens with zero attached hydrogens (tertiary/aromatic N) is 8. The quantitative estimate of drug-likeness (QED) is 0.288. The van der Waals surface area contributed by atoms with E-state index in [1.54, 1.807) is 28.2 Å². The first-order valence-corrected chi connectivity index (χ1v) is 13.8. The van der Waals surface area contributed by atoms with Gasteiger partial charge < -0.3 is 9.80 Å². The van der Waals surface area contributed by atoms with Gasteiger partial charge in [-0.25, -0.2) is 14.7 Å². The molecule has 2 aromatic heterocycles. The Balaban J connectivity index is 1.73. The topological polar surface area (TPSA) is 91.9 Å². The van der Waals surface area contributed by atoms with Gasteiger partial charge in [-0.05, 0) is 58.4 Å².